The molecule has 8 heteroatoms. The van der Waals surface area contributed by atoms with Gasteiger partial charge in [-0.1, -0.05) is 12.1 Å². The van der Waals surface area contributed by atoms with Gasteiger partial charge in [0.05, 0.1) is 23.5 Å². The number of piperidine rings is 1. The van der Waals surface area contributed by atoms with Gasteiger partial charge in [-0.3, -0.25) is 9.69 Å². The number of aromatic nitrogens is 2. The lowest BCUT2D eigenvalue weighted by molar-refractivity contribution is -0.123. The number of benzene rings is 1. The summed E-state index contributed by atoms with van der Waals surface area (Å²) in [5.41, 5.74) is 3.06. The molecule has 2 aliphatic heterocycles. The minimum atomic E-state index is -0.481. The molecule has 0 unspecified atom stereocenters. The van der Waals surface area contributed by atoms with E-state index in [0.29, 0.717) is 32.1 Å². The summed E-state index contributed by atoms with van der Waals surface area (Å²) >= 11 is 0. The second kappa shape index (κ2) is 9.47. The Morgan fingerprint density at radius 2 is 1.76 bits per heavy atom. The number of anilines is 2. The molecular weight excluding hydrogens is 418 g/mol. The number of carbonyl (C=O) groups is 2. The lowest BCUT2D eigenvalue weighted by atomic mass is 9.89. The first-order chi connectivity index (χ1) is 15.7. The standard InChI is InChI=1S/C25H33N5O3/c1-17-22(9-12-27-28-17)30(23(31)20-15-26-16-20)21-7-5-18(6-8-21)19-10-13-29(14-11-19)24(32)33-25(2,3)4/h5-9,12,19-20,26H,10-11,13-16H2,1-4H3. The van der Waals surface area contributed by atoms with E-state index < -0.39 is 5.60 Å². The minimum Gasteiger partial charge on any atom is -0.444 e. The minimum absolute atomic E-state index is 0.0329. The van der Waals surface area contributed by atoms with E-state index in [-0.39, 0.29) is 17.9 Å². The van der Waals surface area contributed by atoms with Gasteiger partial charge in [-0.25, -0.2) is 4.79 Å². The molecule has 0 saturated carbocycles. The molecule has 0 aliphatic carbocycles. The van der Waals surface area contributed by atoms with Crippen molar-refractivity contribution in [1.82, 2.24) is 20.4 Å². The van der Waals surface area contributed by atoms with E-state index in [1.165, 1.54) is 5.56 Å². The fourth-order valence-electron chi connectivity index (χ4n) is 4.28. The summed E-state index contributed by atoms with van der Waals surface area (Å²) in [4.78, 5) is 29.2. The van der Waals surface area contributed by atoms with Gasteiger partial charge < -0.3 is 15.0 Å². The molecule has 176 valence electrons. The Balaban J connectivity index is 1.47. The Labute approximate surface area is 195 Å². The van der Waals surface area contributed by atoms with Crippen LogP contribution in [0.3, 0.4) is 0 Å². The highest BCUT2D eigenvalue weighted by Gasteiger charge is 2.32. The number of amides is 2. The van der Waals surface area contributed by atoms with Crippen LogP contribution in [-0.4, -0.2) is 58.9 Å². The molecule has 2 saturated heterocycles. The first kappa shape index (κ1) is 23.2. The lowest BCUT2D eigenvalue weighted by Crippen LogP contribution is -2.51. The van der Waals surface area contributed by atoms with Crippen molar-refractivity contribution in [3.8, 4) is 0 Å². The maximum Gasteiger partial charge on any atom is 0.410 e. The highest BCUT2D eigenvalue weighted by Crippen LogP contribution is 2.33. The Morgan fingerprint density at radius 1 is 1.09 bits per heavy atom. The molecule has 3 heterocycles. The Bertz CT molecular complexity index is 990. The van der Waals surface area contributed by atoms with E-state index in [1.807, 2.05) is 45.9 Å². The molecule has 1 aromatic heterocycles. The second-order valence-electron chi connectivity index (χ2n) is 9.86. The molecule has 33 heavy (non-hydrogen) atoms. The zero-order valence-electron chi connectivity index (χ0n) is 19.9. The first-order valence-corrected chi connectivity index (χ1v) is 11.6. The van der Waals surface area contributed by atoms with Gasteiger partial charge in [0.2, 0.25) is 5.91 Å². The van der Waals surface area contributed by atoms with Crippen molar-refractivity contribution in [2.24, 2.45) is 5.92 Å². The lowest BCUT2D eigenvalue weighted by Gasteiger charge is -2.34. The van der Waals surface area contributed by atoms with Crippen molar-refractivity contribution >= 4 is 23.4 Å². The number of nitrogens with zero attached hydrogens (tertiary/aromatic N) is 4. The molecule has 1 aromatic carbocycles. The van der Waals surface area contributed by atoms with E-state index in [0.717, 1.165) is 29.9 Å². The fraction of sp³-hybridized carbons (Fsp3) is 0.520. The molecular formula is C25H33N5O3. The predicted molar refractivity (Wildman–Crippen MR) is 126 cm³/mol. The number of ether oxygens (including phenoxy) is 1. The van der Waals surface area contributed by atoms with E-state index in [4.69, 9.17) is 4.74 Å². The number of rotatable bonds is 4. The molecule has 1 N–H and O–H groups in total. The monoisotopic (exact) mass is 451 g/mol. The van der Waals surface area contributed by atoms with Gasteiger partial charge in [0.1, 0.15) is 5.60 Å². The summed E-state index contributed by atoms with van der Waals surface area (Å²) in [6.07, 6.45) is 3.16. The Morgan fingerprint density at radius 3 is 2.30 bits per heavy atom. The van der Waals surface area contributed by atoms with Gasteiger partial charge in [-0.05, 0) is 70.2 Å². The molecule has 2 fully saturated rings. The van der Waals surface area contributed by atoms with Gasteiger partial charge in [-0.15, -0.1) is 0 Å². The normalized spacial score (nSPS) is 17.4. The number of nitrogens with one attached hydrogen (secondary N) is 1. The third-order valence-corrected chi connectivity index (χ3v) is 6.24. The van der Waals surface area contributed by atoms with Crippen molar-refractivity contribution in [2.75, 3.05) is 31.1 Å². The number of likely N-dealkylation sites (tertiary alicyclic amines) is 1. The maximum atomic E-state index is 13.3. The molecule has 0 spiro atoms. The highest BCUT2D eigenvalue weighted by atomic mass is 16.6. The van der Waals surface area contributed by atoms with E-state index >= 15 is 0 Å². The summed E-state index contributed by atoms with van der Waals surface area (Å²) in [6.45, 7) is 10.3. The van der Waals surface area contributed by atoms with Crippen molar-refractivity contribution < 1.29 is 14.3 Å². The summed E-state index contributed by atoms with van der Waals surface area (Å²) in [5, 5.41) is 11.3. The average molecular weight is 452 g/mol. The third-order valence-electron chi connectivity index (χ3n) is 6.24. The molecule has 2 aromatic rings. The van der Waals surface area contributed by atoms with Crippen LogP contribution in [0.1, 0.15) is 50.8 Å². The molecule has 2 amide bonds. The van der Waals surface area contributed by atoms with Crippen LogP contribution in [-0.2, 0) is 9.53 Å². The van der Waals surface area contributed by atoms with Crippen LogP contribution in [0.5, 0.6) is 0 Å². The van der Waals surface area contributed by atoms with Crippen LogP contribution >= 0.6 is 0 Å². The number of aryl methyl sites for hydroxylation is 1. The predicted octanol–water partition coefficient (Wildman–Crippen LogP) is 3.78. The topological polar surface area (TPSA) is 87.7 Å². The molecule has 4 rings (SSSR count). The molecule has 2 aliphatic rings. The smallest absolute Gasteiger partial charge is 0.410 e. The fourth-order valence-corrected chi connectivity index (χ4v) is 4.28. The number of carbonyl (C=O) groups excluding carboxylic acids is 2. The Kier molecular flexibility index (Phi) is 6.65. The maximum absolute atomic E-state index is 13.3. The van der Waals surface area contributed by atoms with Crippen molar-refractivity contribution in [1.29, 1.82) is 0 Å². The first-order valence-electron chi connectivity index (χ1n) is 11.6. The molecule has 8 nitrogen and oxygen atoms in total. The van der Waals surface area contributed by atoms with Crippen LogP contribution in [0.2, 0.25) is 0 Å². The van der Waals surface area contributed by atoms with Crippen LogP contribution < -0.4 is 10.2 Å². The van der Waals surface area contributed by atoms with Gasteiger partial charge >= 0.3 is 6.09 Å². The second-order valence-corrected chi connectivity index (χ2v) is 9.86. The van der Waals surface area contributed by atoms with Crippen LogP contribution in [0, 0.1) is 12.8 Å². The SMILES string of the molecule is Cc1nnccc1N(C(=O)C1CNC1)c1ccc(C2CCN(C(=O)OC(C)(C)C)CC2)cc1. The number of hydrogen-bond donors (Lipinski definition) is 1. The van der Waals surface area contributed by atoms with Gasteiger partial charge in [0.15, 0.2) is 0 Å². The molecule has 0 atom stereocenters. The number of hydrogen-bond acceptors (Lipinski definition) is 6. The summed E-state index contributed by atoms with van der Waals surface area (Å²) in [7, 11) is 0. The van der Waals surface area contributed by atoms with Crippen molar-refractivity contribution in [3.05, 3.63) is 47.8 Å². The zero-order chi connectivity index (χ0) is 23.6. The van der Waals surface area contributed by atoms with Gasteiger partial charge in [-0.2, -0.15) is 10.2 Å². The average Bonchev–Trinajstić information content (AvgIpc) is 2.73. The van der Waals surface area contributed by atoms with Crippen LogP contribution in [0.4, 0.5) is 16.2 Å². The van der Waals surface area contributed by atoms with E-state index in [1.54, 1.807) is 16.0 Å². The largest absolute Gasteiger partial charge is 0.444 e. The summed E-state index contributed by atoms with van der Waals surface area (Å²) in [5.74, 6) is 0.416. The zero-order valence-corrected chi connectivity index (χ0v) is 19.9. The quantitative estimate of drug-likeness (QED) is 0.761. The Hall–Kier alpha value is -3.00. The van der Waals surface area contributed by atoms with Gasteiger partial charge in [0.25, 0.3) is 0 Å². The van der Waals surface area contributed by atoms with Crippen molar-refractivity contribution in [2.45, 2.75) is 52.1 Å². The summed E-state index contributed by atoms with van der Waals surface area (Å²) < 4.78 is 5.50. The molecule has 0 radical (unpaired) electrons. The van der Waals surface area contributed by atoms with E-state index in [9.17, 15) is 9.59 Å². The van der Waals surface area contributed by atoms with Crippen LogP contribution in [0.25, 0.3) is 0 Å². The highest BCUT2D eigenvalue weighted by molar-refractivity contribution is 6.02. The molecule has 0 bridgehead atoms. The van der Waals surface area contributed by atoms with E-state index in [2.05, 4.69) is 27.6 Å². The van der Waals surface area contributed by atoms with Crippen molar-refractivity contribution in [3.63, 3.8) is 0 Å². The summed E-state index contributed by atoms with van der Waals surface area (Å²) in [6, 6.07) is 10.1. The van der Waals surface area contributed by atoms with Gasteiger partial charge in [0, 0.05) is 31.9 Å². The third kappa shape index (κ3) is 5.33. The van der Waals surface area contributed by atoms with Crippen LogP contribution in [0.15, 0.2) is 36.5 Å².